The van der Waals surface area contributed by atoms with Crippen LogP contribution < -0.4 is 15.1 Å². The molecule has 3 rings (SSSR count). The standard InChI is InChI=1S/C19H22N4O2/c1-22-12-13-23(17-8-3-2-7-16(17)22)18(24)9-5-11-21-19(25)15-6-4-10-20-14-15/h2-4,6-8,10,14H,5,9,11-13H2,1H3,(H,21,25). The number of amides is 2. The second kappa shape index (κ2) is 7.79. The number of rotatable bonds is 5. The largest absolute Gasteiger partial charge is 0.371 e. The maximum Gasteiger partial charge on any atom is 0.252 e. The van der Waals surface area contributed by atoms with Crippen molar-refractivity contribution in [3.63, 3.8) is 0 Å². The fourth-order valence-corrected chi connectivity index (χ4v) is 2.94. The van der Waals surface area contributed by atoms with Crippen LogP contribution in [0.25, 0.3) is 0 Å². The lowest BCUT2D eigenvalue weighted by Gasteiger charge is -2.35. The van der Waals surface area contributed by atoms with E-state index in [4.69, 9.17) is 0 Å². The highest BCUT2D eigenvalue weighted by Gasteiger charge is 2.24. The molecule has 0 aliphatic carbocycles. The Morgan fingerprint density at radius 2 is 1.92 bits per heavy atom. The number of pyridine rings is 1. The van der Waals surface area contributed by atoms with Gasteiger partial charge in [-0.1, -0.05) is 12.1 Å². The van der Waals surface area contributed by atoms with Gasteiger partial charge in [0, 0.05) is 45.5 Å². The Balaban J connectivity index is 1.50. The summed E-state index contributed by atoms with van der Waals surface area (Å²) in [5, 5.41) is 2.83. The summed E-state index contributed by atoms with van der Waals surface area (Å²) in [5.41, 5.74) is 2.56. The molecular weight excluding hydrogens is 316 g/mol. The summed E-state index contributed by atoms with van der Waals surface area (Å²) >= 11 is 0. The van der Waals surface area contributed by atoms with Gasteiger partial charge in [0.2, 0.25) is 5.91 Å². The van der Waals surface area contributed by atoms with Crippen LogP contribution in [0.15, 0.2) is 48.8 Å². The minimum atomic E-state index is -0.162. The van der Waals surface area contributed by atoms with Gasteiger partial charge in [-0.25, -0.2) is 0 Å². The molecule has 6 nitrogen and oxygen atoms in total. The van der Waals surface area contributed by atoms with Gasteiger partial charge in [0.05, 0.1) is 16.9 Å². The highest BCUT2D eigenvalue weighted by atomic mass is 16.2. The Kier molecular flexibility index (Phi) is 5.28. The molecule has 0 saturated heterocycles. The van der Waals surface area contributed by atoms with Gasteiger partial charge in [-0.05, 0) is 30.7 Å². The summed E-state index contributed by atoms with van der Waals surface area (Å²) in [6, 6.07) is 11.4. The van der Waals surface area contributed by atoms with Gasteiger partial charge >= 0.3 is 0 Å². The molecule has 1 aromatic heterocycles. The van der Waals surface area contributed by atoms with Crippen molar-refractivity contribution in [2.24, 2.45) is 0 Å². The van der Waals surface area contributed by atoms with Gasteiger partial charge in [0.15, 0.2) is 0 Å². The Hall–Kier alpha value is -2.89. The molecule has 25 heavy (non-hydrogen) atoms. The number of carbonyl (C=O) groups excluding carboxylic acids is 2. The van der Waals surface area contributed by atoms with E-state index >= 15 is 0 Å². The zero-order valence-electron chi connectivity index (χ0n) is 14.3. The highest BCUT2D eigenvalue weighted by Crippen LogP contribution is 2.32. The van der Waals surface area contributed by atoms with Crippen molar-refractivity contribution >= 4 is 23.2 Å². The number of likely N-dealkylation sites (N-methyl/N-ethyl adjacent to an activating group) is 1. The van der Waals surface area contributed by atoms with Crippen molar-refractivity contribution in [3.05, 3.63) is 54.4 Å². The van der Waals surface area contributed by atoms with E-state index in [0.29, 0.717) is 31.5 Å². The fraction of sp³-hybridized carbons (Fsp3) is 0.316. The predicted octanol–water partition coefficient (Wildman–Crippen LogP) is 2.07. The third kappa shape index (κ3) is 3.96. The summed E-state index contributed by atoms with van der Waals surface area (Å²) in [7, 11) is 2.04. The Morgan fingerprint density at radius 1 is 1.12 bits per heavy atom. The van der Waals surface area contributed by atoms with Gasteiger partial charge < -0.3 is 15.1 Å². The van der Waals surface area contributed by atoms with Crippen molar-refractivity contribution in [2.75, 3.05) is 36.5 Å². The van der Waals surface area contributed by atoms with Gasteiger partial charge in [0.1, 0.15) is 0 Å². The Labute approximate surface area is 147 Å². The van der Waals surface area contributed by atoms with E-state index in [1.165, 1.54) is 6.20 Å². The molecule has 130 valence electrons. The number of carbonyl (C=O) groups is 2. The molecule has 0 bridgehead atoms. The fourth-order valence-electron chi connectivity index (χ4n) is 2.94. The first-order valence-corrected chi connectivity index (χ1v) is 8.45. The Morgan fingerprint density at radius 3 is 2.68 bits per heavy atom. The van der Waals surface area contributed by atoms with Crippen LogP contribution in [-0.4, -0.2) is 43.5 Å². The first-order chi connectivity index (χ1) is 12.2. The second-order valence-electron chi connectivity index (χ2n) is 6.06. The number of benzene rings is 1. The normalized spacial score (nSPS) is 13.3. The second-order valence-corrected chi connectivity index (χ2v) is 6.06. The van der Waals surface area contributed by atoms with Crippen LogP contribution in [0, 0.1) is 0 Å². The van der Waals surface area contributed by atoms with Crippen LogP contribution in [0.5, 0.6) is 0 Å². The van der Waals surface area contributed by atoms with Crippen LogP contribution >= 0.6 is 0 Å². The van der Waals surface area contributed by atoms with E-state index < -0.39 is 0 Å². The molecule has 0 spiro atoms. The number of hydrogen-bond donors (Lipinski definition) is 1. The van der Waals surface area contributed by atoms with Crippen molar-refractivity contribution in [3.8, 4) is 0 Å². The van der Waals surface area contributed by atoms with E-state index in [9.17, 15) is 9.59 Å². The monoisotopic (exact) mass is 338 g/mol. The molecule has 0 fully saturated rings. The molecule has 0 radical (unpaired) electrons. The summed E-state index contributed by atoms with van der Waals surface area (Å²) in [6.07, 6.45) is 4.18. The number of nitrogens with zero attached hydrogens (tertiary/aromatic N) is 3. The quantitative estimate of drug-likeness (QED) is 0.848. The molecule has 2 heterocycles. The number of para-hydroxylation sites is 2. The van der Waals surface area contributed by atoms with E-state index in [0.717, 1.165) is 17.9 Å². The molecule has 0 unspecified atom stereocenters. The van der Waals surface area contributed by atoms with Crippen LogP contribution in [-0.2, 0) is 4.79 Å². The third-order valence-electron chi connectivity index (χ3n) is 4.32. The highest BCUT2D eigenvalue weighted by molar-refractivity contribution is 5.98. The molecule has 2 amide bonds. The smallest absolute Gasteiger partial charge is 0.252 e. The van der Waals surface area contributed by atoms with Crippen LogP contribution in [0.4, 0.5) is 11.4 Å². The number of aromatic nitrogens is 1. The molecule has 6 heteroatoms. The van der Waals surface area contributed by atoms with Crippen molar-refractivity contribution in [1.29, 1.82) is 0 Å². The van der Waals surface area contributed by atoms with Gasteiger partial charge in [-0.3, -0.25) is 14.6 Å². The number of fused-ring (bicyclic) bond motifs is 1. The molecule has 2 aromatic rings. The van der Waals surface area contributed by atoms with Crippen LogP contribution in [0.2, 0.25) is 0 Å². The maximum atomic E-state index is 12.6. The summed E-state index contributed by atoms with van der Waals surface area (Å²) in [6.45, 7) is 1.98. The lowest BCUT2D eigenvalue weighted by Crippen LogP contribution is -2.42. The van der Waals surface area contributed by atoms with Gasteiger partial charge in [-0.2, -0.15) is 0 Å². The molecule has 1 aliphatic rings. The summed E-state index contributed by atoms with van der Waals surface area (Å²) in [5.74, 6) is -0.0679. The molecule has 0 atom stereocenters. The lowest BCUT2D eigenvalue weighted by molar-refractivity contribution is -0.118. The topological polar surface area (TPSA) is 65.5 Å². The number of hydrogen-bond acceptors (Lipinski definition) is 4. The van der Waals surface area contributed by atoms with Crippen molar-refractivity contribution in [1.82, 2.24) is 10.3 Å². The third-order valence-corrected chi connectivity index (χ3v) is 4.32. The van der Waals surface area contributed by atoms with E-state index in [2.05, 4.69) is 15.2 Å². The number of nitrogens with one attached hydrogen (secondary N) is 1. The average molecular weight is 338 g/mol. The zero-order valence-corrected chi connectivity index (χ0v) is 14.3. The average Bonchev–Trinajstić information content (AvgIpc) is 2.66. The number of anilines is 2. The summed E-state index contributed by atoms with van der Waals surface area (Å²) in [4.78, 5) is 32.4. The summed E-state index contributed by atoms with van der Waals surface area (Å²) < 4.78 is 0. The first-order valence-electron chi connectivity index (χ1n) is 8.45. The first kappa shape index (κ1) is 17.0. The predicted molar refractivity (Wildman–Crippen MR) is 97.9 cm³/mol. The molecule has 1 aromatic carbocycles. The van der Waals surface area contributed by atoms with Crippen molar-refractivity contribution in [2.45, 2.75) is 12.8 Å². The van der Waals surface area contributed by atoms with Crippen molar-refractivity contribution < 1.29 is 9.59 Å². The van der Waals surface area contributed by atoms with Gasteiger partial charge in [-0.15, -0.1) is 0 Å². The van der Waals surface area contributed by atoms with E-state index in [1.54, 1.807) is 18.3 Å². The lowest BCUT2D eigenvalue weighted by atomic mass is 10.1. The minimum absolute atomic E-state index is 0.0937. The van der Waals surface area contributed by atoms with E-state index in [1.807, 2.05) is 36.2 Å². The maximum absolute atomic E-state index is 12.6. The minimum Gasteiger partial charge on any atom is -0.371 e. The van der Waals surface area contributed by atoms with Crippen LogP contribution in [0.3, 0.4) is 0 Å². The van der Waals surface area contributed by atoms with E-state index in [-0.39, 0.29) is 11.8 Å². The molecule has 1 N–H and O–H groups in total. The van der Waals surface area contributed by atoms with Gasteiger partial charge in [0.25, 0.3) is 5.91 Å². The SMILES string of the molecule is CN1CCN(C(=O)CCCNC(=O)c2cccnc2)c2ccccc21. The zero-order chi connectivity index (χ0) is 17.6. The molecular formula is C19H22N4O2. The van der Waals surface area contributed by atoms with Crippen LogP contribution in [0.1, 0.15) is 23.2 Å². The molecule has 0 saturated carbocycles. The molecule has 1 aliphatic heterocycles. The Bertz CT molecular complexity index is 748.